The highest BCUT2D eigenvalue weighted by atomic mass is 16.5. The standard InChI is InChI=1S/C14H19NO/c1-2-5-12-9-14(8-11(12)4-1)16-13-6-3-7-15-10-13/h1-2,4-5,13-15H,3,6-10H2/t13-/m1/s1. The van der Waals surface area contributed by atoms with Gasteiger partial charge in [-0.1, -0.05) is 24.3 Å². The molecular formula is C14H19NO. The second-order valence-electron chi connectivity index (χ2n) is 4.90. The van der Waals surface area contributed by atoms with E-state index >= 15 is 0 Å². The molecule has 3 rings (SSSR count). The molecule has 1 aliphatic carbocycles. The predicted molar refractivity (Wildman–Crippen MR) is 64.6 cm³/mol. The fourth-order valence-corrected chi connectivity index (χ4v) is 2.82. The molecule has 1 atom stereocenters. The fraction of sp³-hybridized carbons (Fsp3) is 0.571. The Balaban J connectivity index is 1.59. The highest BCUT2D eigenvalue weighted by Gasteiger charge is 2.25. The van der Waals surface area contributed by atoms with Crippen LogP contribution in [0.15, 0.2) is 24.3 Å². The molecule has 0 radical (unpaired) electrons. The van der Waals surface area contributed by atoms with Gasteiger partial charge in [0.25, 0.3) is 0 Å². The molecule has 16 heavy (non-hydrogen) atoms. The Labute approximate surface area is 97.0 Å². The van der Waals surface area contributed by atoms with Crippen LogP contribution in [0.25, 0.3) is 0 Å². The number of rotatable bonds is 2. The first-order valence-electron chi connectivity index (χ1n) is 6.35. The molecule has 1 aromatic carbocycles. The third-order valence-corrected chi connectivity index (χ3v) is 3.65. The Morgan fingerprint density at radius 1 is 1.06 bits per heavy atom. The summed E-state index contributed by atoms with van der Waals surface area (Å²) in [6.45, 7) is 2.19. The van der Waals surface area contributed by atoms with E-state index in [1.165, 1.54) is 24.0 Å². The minimum Gasteiger partial charge on any atom is -0.373 e. The van der Waals surface area contributed by atoms with Crippen LogP contribution >= 0.6 is 0 Å². The van der Waals surface area contributed by atoms with E-state index in [4.69, 9.17) is 4.74 Å². The summed E-state index contributed by atoms with van der Waals surface area (Å²) in [5.74, 6) is 0. The van der Waals surface area contributed by atoms with Gasteiger partial charge in [-0.15, -0.1) is 0 Å². The topological polar surface area (TPSA) is 21.3 Å². The lowest BCUT2D eigenvalue weighted by atomic mass is 10.1. The van der Waals surface area contributed by atoms with Crippen molar-refractivity contribution in [2.45, 2.75) is 37.9 Å². The van der Waals surface area contributed by atoms with Crippen LogP contribution in [-0.4, -0.2) is 25.3 Å². The molecule has 1 saturated heterocycles. The molecule has 2 heteroatoms. The minimum atomic E-state index is 0.419. The van der Waals surface area contributed by atoms with E-state index in [1.54, 1.807) is 0 Å². The summed E-state index contributed by atoms with van der Waals surface area (Å²) in [5, 5.41) is 3.40. The molecule has 1 aliphatic heterocycles. The van der Waals surface area contributed by atoms with Gasteiger partial charge >= 0.3 is 0 Å². The van der Waals surface area contributed by atoms with Crippen LogP contribution in [0.4, 0.5) is 0 Å². The van der Waals surface area contributed by atoms with Crippen LogP contribution in [0.5, 0.6) is 0 Å². The maximum Gasteiger partial charge on any atom is 0.0704 e. The van der Waals surface area contributed by atoms with Gasteiger partial charge in [-0.2, -0.15) is 0 Å². The SMILES string of the molecule is c1ccc2c(c1)CC(O[C@@H]1CCCNC1)C2. The summed E-state index contributed by atoms with van der Waals surface area (Å²) in [4.78, 5) is 0. The summed E-state index contributed by atoms with van der Waals surface area (Å²) in [6, 6.07) is 8.72. The first-order chi connectivity index (χ1) is 7.92. The van der Waals surface area contributed by atoms with Crippen molar-refractivity contribution in [3.8, 4) is 0 Å². The van der Waals surface area contributed by atoms with Gasteiger partial charge in [-0.05, 0) is 43.4 Å². The molecule has 0 spiro atoms. The Kier molecular flexibility index (Phi) is 2.94. The number of hydrogen-bond donors (Lipinski definition) is 1. The van der Waals surface area contributed by atoms with Crippen LogP contribution in [0, 0.1) is 0 Å². The van der Waals surface area contributed by atoms with Crippen molar-refractivity contribution in [1.82, 2.24) is 5.32 Å². The van der Waals surface area contributed by atoms with Gasteiger partial charge in [0.1, 0.15) is 0 Å². The van der Waals surface area contributed by atoms with Crippen molar-refractivity contribution in [3.05, 3.63) is 35.4 Å². The second-order valence-corrected chi connectivity index (χ2v) is 4.90. The van der Waals surface area contributed by atoms with E-state index in [-0.39, 0.29) is 0 Å². The first-order valence-corrected chi connectivity index (χ1v) is 6.35. The molecule has 1 N–H and O–H groups in total. The van der Waals surface area contributed by atoms with E-state index in [2.05, 4.69) is 29.6 Å². The molecule has 0 saturated carbocycles. The normalized spacial score (nSPS) is 25.6. The molecule has 2 aliphatic rings. The van der Waals surface area contributed by atoms with Crippen molar-refractivity contribution >= 4 is 0 Å². The Bertz CT molecular complexity index is 333. The van der Waals surface area contributed by atoms with Crippen molar-refractivity contribution in [1.29, 1.82) is 0 Å². The summed E-state index contributed by atoms with van der Waals surface area (Å²) in [6.07, 6.45) is 5.54. The van der Waals surface area contributed by atoms with Crippen molar-refractivity contribution in [2.75, 3.05) is 13.1 Å². The average Bonchev–Trinajstić information content (AvgIpc) is 2.72. The lowest BCUT2D eigenvalue weighted by molar-refractivity contribution is -0.0172. The first kappa shape index (κ1) is 10.3. The van der Waals surface area contributed by atoms with Gasteiger partial charge in [0.05, 0.1) is 12.2 Å². The van der Waals surface area contributed by atoms with Gasteiger partial charge in [0, 0.05) is 6.54 Å². The molecule has 1 aromatic rings. The number of nitrogens with one attached hydrogen (secondary N) is 1. The maximum atomic E-state index is 6.17. The van der Waals surface area contributed by atoms with E-state index in [0.717, 1.165) is 25.9 Å². The quantitative estimate of drug-likeness (QED) is 0.817. The molecule has 1 fully saturated rings. The van der Waals surface area contributed by atoms with Crippen LogP contribution in [0.2, 0.25) is 0 Å². The monoisotopic (exact) mass is 217 g/mol. The Hall–Kier alpha value is -0.860. The summed E-state index contributed by atoms with van der Waals surface area (Å²) in [5.41, 5.74) is 2.97. The third-order valence-electron chi connectivity index (χ3n) is 3.65. The number of ether oxygens (including phenoxy) is 1. The molecular weight excluding hydrogens is 198 g/mol. The summed E-state index contributed by atoms with van der Waals surface area (Å²) >= 11 is 0. The molecule has 0 aromatic heterocycles. The van der Waals surface area contributed by atoms with E-state index < -0.39 is 0 Å². The third kappa shape index (κ3) is 2.13. The molecule has 2 nitrogen and oxygen atoms in total. The molecule has 86 valence electrons. The van der Waals surface area contributed by atoms with Gasteiger partial charge in [-0.3, -0.25) is 0 Å². The predicted octanol–water partition coefficient (Wildman–Crippen LogP) is 1.92. The van der Waals surface area contributed by atoms with Crippen LogP contribution in [-0.2, 0) is 17.6 Å². The average molecular weight is 217 g/mol. The number of piperidine rings is 1. The van der Waals surface area contributed by atoms with Crippen LogP contribution in [0.3, 0.4) is 0 Å². The van der Waals surface area contributed by atoms with Crippen molar-refractivity contribution in [3.63, 3.8) is 0 Å². The van der Waals surface area contributed by atoms with Crippen LogP contribution in [0.1, 0.15) is 24.0 Å². The van der Waals surface area contributed by atoms with Crippen LogP contribution < -0.4 is 5.32 Å². The summed E-state index contributed by atoms with van der Waals surface area (Å²) in [7, 11) is 0. The zero-order chi connectivity index (χ0) is 10.8. The Morgan fingerprint density at radius 3 is 2.44 bits per heavy atom. The number of fused-ring (bicyclic) bond motifs is 1. The van der Waals surface area contributed by atoms with Crippen molar-refractivity contribution in [2.24, 2.45) is 0 Å². The zero-order valence-electron chi connectivity index (χ0n) is 9.61. The lowest BCUT2D eigenvalue weighted by Gasteiger charge is -2.26. The minimum absolute atomic E-state index is 0.419. The highest BCUT2D eigenvalue weighted by molar-refractivity contribution is 5.32. The molecule has 0 amide bonds. The van der Waals surface area contributed by atoms with E-state index in [9.17, 15) is 0 Å². The van der Waals surface area contributed by atoms with E-state index in [0.29, 0.717) is 12.2 Å². The van der Waals surface area contributed by atoms with Gasteiger partial charge in [0.15, 0.2) is 0 Å². The zero-order valence-corrected chi connectivity index (χ0v) is 9.61. The van der Waals surface area contributed by atoms with Gasteiger partial charge in [0.2, 0.25) is 0 Å². The van der Waals surface area contributed by atoms with E-state index in [1.807, 2.05) is 0 Å². The Morgan fingerprint density at radius 2 is 1.81 bits per heavy atom. The number of hydrogen-bond acceptors (Lipinski definition) is 2. The number of benzene rings is 1. The molecule has 1 heterocycles. The smallest absolute Gasteiger partial charge is 0.0704 e. The molecule has 0 unspecified atom stereocenters. The van der Waals surface area contributed by atoms with Gasteiger partial charge < -0.3 is 10.1 Å². The molecule has 0 bridgehead atoms. The lowest BCUT2D eigenvalue weighted by Crippen LogP contribution is -2.37. The largest absolute Gasteiger partial charge is 0.373 e. The van der Waals surface area contributed by atoms with Gasteiger partial charge in [-0.25, -0.2) is 0 Å². The fourth-order valence-electron chi connectivity index (χ4n) is 2.82. The summed E-state index contributed by atoms with van der Waals surface area (Å²) < 4.78 is 6.17. The maximum absolute atomic E-state index is 6.17. The second kappa shape index (κ2) is 4.56. The highest BCUT2D eigenvalue weighted by Crippen LogP contribution is 2.25. The van der Waals surface area contributed by atoms with Crippen molar-refractivity contribution < 1.29 is 4.74 Å².